The van der Waals surface area contributed by atoms with E-state index in [4.69, 9.17) is 15.9 Å². The molecule has 1 aliphatic heterocycles. The second-order valence-electron chi connectivity index (χ2n) is 4.80. The van der Waals surface area contributed by atoms with Crippen LogP contribution in [0.4, 0.5) is 5.69 Å². The molecule has 5 nitrogen and oxygen atoms in total. The van der Waals surface area contributed by atoms with Crippen LogP contribution in [0.15, 0.2) is 24.3 Å². The number of ether oxygens (including phenoxy) is 1. The molecule has 3 N–H and O–H groups in total. The van der Waals surface area contributed by atoms with Gasteiger partial charge in [-0.25, -0.2) is 0 Å². The highest BCUT2D eigenvalue weighted by molar-refractivity contribution is 5.76. The van der Waals surface area contributed by atoms with E-state index in [9.17, 15) is 0 Å². The SMILES string of the molecule is COc1ccc(N2CCN(CCC(=N)N)CC2)cc1. The Kier molecular flexibility index (Phi) is 4.63. The fraction of sp³-hybridized carbons (Fsp3) is 0.500. The molecule has 0 spiro atoms. The van der Waals surface area contributed by atoms with E-state index in [1.54, 1.807) is 7.11 Å². The fourth-order valence-electron chi connectivity index (χ4n) is 2.30. The Labute approximate surface area is 114 Å². The zero-order chi connectivity index (χ0) is 13.7. The molecule has 0 radical (unpaired) electrons. The van der Waals surface area contributed by atoms with Crippen LogP contribution in [0.25, 0.3) is 0 Å². The van der Waals surface area contributed by atoms with Crippen molar-refractivity contribution in [1.29, 1.82) is 5.41 Å². The lowest BCUT2D eigenvalue weighted by Crippen LogP contribution is -2.47. The van der Waals surface area contributed by atoms with Crippen molar-refractivity contribution < 1.29 is 4.74 Å². The molecule has 2 rings (SSSR count). The Bertz CT molecular complexity index is 410. The molecule has 0 aromatic heterocycles. The van der Waals surface area contributed by atoms with Gasteiger partial charge in [0.2, 0.25) is 0 Å². The molecular formula is C14H22N4O. The number of nitrogens with zero attached hydrogens (tertiary/aromatic N) is 2. The smallest absolute Gasteiger partial charge is 0.119 e. The van der Waals surface area contributed by atoms with Gasteiger partial charge in [0.1, 0.15) is 5.75 Å². The van der Waals surface area contributed by atoms with Gasteiger partial charge in [0.15, 0.2) is 0 Å². The molecule has 1 heterocycles. The minimum Gasteiger partial charge on any atom is -0.497 e. The summed E-state index contributed by atoms with van der Waals surface area (Å²) in [5, 5.41) is 7.25. The molecule has 1 saturated heterocycles. The number of nitrogens with one attached hydrogen (secondary N) is 1. The maximum atomic E-state index is 7.25. The van der Waals surface area contributed by atoms with Crippen molar-refractivity contribution in [3.05, 3.63) is 24.3 Å². The average molecular weight is 262 g/mol. The largest absolute Gasteiger partial charge is 0.497 e. The van der Waals surface area contributed by atoms with E-state index in [2.05, 4.69) is 21.9 Å². The van der Waals surface area contributed by atoms with Crippen LogP contribution in [0.1, 0.15) is 6.42 Å². The molecule has 1 aliphatic rings. The summed E-state index contributed by atoms with van der Waals surface area (Å²) in [6.45, 7) is 4.98. The van der Waals surface area contributed by atoms with E-state index in [0.717, 1.165) is 38.5 Å². The summed E-state index contributed by atoms with van der Waals surface area (Å²) in [7, 11) is 1.68. The molecule has 1 aromatic carbocycles. The standard InChI is InChI=1S/C14H22N4O/c1-19-13-4-2-12(3-5-13)18-10-8-17(9-11-18)7-6-14(15)16/h2-5H,6-11H2,1H3,(H3,15,16). The van der Waals surface area contributed by atoms with Crippen LogP contribution in [-0.4, -0.2) is 50.6 Å². The molecule has 0 bridgehead atoms. The fourth-order valence-corrected chi connectivity index (χ4v) is 2.30. The zero-order valence-electron chi connectivity index (χ0n) is 11.4. The molecule has 1 aromatic rings. The molecule has 0 unspecified atom stereocenters. The van der Waals surface area contributed by atoms with Crippen molar-refractivity contribution >= 4 is 11.5 Å². The van der Waals surface area contributed by atoms with Crippen molar-refractivity contribution in [3.8, 4) is 5.75 Å². The number of nitrogens with two attached hydrogens (primary N) is 1. The predicted molar refractivity (Wildman–Crippen MR) is 78.2 cm³/mol. The van der Waals surface area contributed by atoms with Gasteiger partial charge in [-0.1, -0.05) is 0 Å². The van der Waals surface area contributed by atoms with Crippen LogP contribution in [0.2, 0.25) is 0 Å². The van der Waals surface area contributed by atoms with Gasteiger partial charge < -0.3 is 15.4 Å². The van der Waals surface area contributed by atoms with Crippen molar-refractivity contribution in [3.63, 3.8) is 0 Å². The molecule has 5 heteroatoms. The minimum atomic E-state index is 0.276. The van der Waals surface area contributed by atoms with Gasteiger partial charge in [0.25, 0.3) is 0 Å². The summed E-state index contributed by atoms with van der Waals surface area (Å²) >= 11 is 0. The van der Waals surface area contributed by atoms with E-state index in [0.29, 0.717) is 6.42 Å². The quantitative estimate of drug-likeness (QED) is 0.617. The summed E-state index contributed by atoms with van der Waals surface area (Å²) in [5.74, 6) is 1.17. The van der Waals surface area contributed by atoms with Crippen LogP contribution >= 0.6 is 0 Å². The van der Waals surface area contributed by atoms with E-state index >= 15 is 0 Å². The number of methoxy groups -OCH3 is 1. The van der Waals surface area contributed by atoms with Gasteiger partial charge in [0, 0.05) is 44.8 Å². The summed E-state index contributed by atoms with van der Waals surface area (Å²) in [6.07, 6.45) is 0.669. The third-order valence-electron chi connectivity index (χ3n) is 3.51. The lowest BCUT2D eigenvalue weighted by molar-refractivity contribution is 0.264. The molecule has 0 saturated carbocycles. The van der Waals surface area contributed by atoms with Crippen LogP contribution in [-0.2, 0) is 0 Å². The number of rotatable bonds is 5. The van der Waals surface area contributed by atoms with Crippen LogP contribution in [0, 0.1) is 5.41 Å². The number of amidine groups is 1. The Hall–Kier alpha value is -1.75. The zero-order valence-corrected chi connectivity index (χ0v) is 11.4. The highest BCUT2D eigenvalue weighted by Crippen LogP contribution is 2.20. The van der Waals surface area contributed by atoms with Gasteiger partial charge in [-0.3, -0.25) is 10.3 Å². The number of anilines is 1. The van der Waals surface area contributed by atoms with Crippen molar-refractivity contribution in [2.24, 2.45) is 5.73 Å². The maximum Gasteiger partial charge on any atom is 0.119 e. The van der Waals surface area contributed by atoms with Crippen molar-refractivity contribution in [2.45, 2.75) is 6.42 Å². The van der Waals surface area contributed by atoms with Gasteiger partial charge in [0.05, 0.1) is 12.9 Å². The van der Waals surface area contributed by atoms with Crippen LogP contribution < -0.4 is 15.4 Å². The lowest BCUT2D eigenvalue weighted by atomic mass is 10.2. The predicted octanol–water partition coefficient (Wildman–Crippen LogP) is 1.14. The van der Waals surface area contributed by atoms with Gasteiger partial charge >= 0.3 is 0 Å². The molecule has 0 atom stereocenters. The van der Waals surface area contributed by atoms with Crippen LogP contribution in [0.3, 0.4) is 0 Å². The first kappa shape index (κ1) is 13.7. The Balaban J connectivity index is 1.83. The number of piperazine rings is 1. The third-order valence-corrected chi connectivity index (χ3v) is 3.51. The summed E-state index contributed by atoms with van der Waals surface area (Å²) in [6, 6.07) is 8.20. The Morgan fingerprint density at radius 2 is 1.84 bits per heavy atom. The highest BCUT2D eigenvalue weighted by Gasteiger charge is 2.16. The molecule has 1 fully saturated rings. The first-order chi connectivity index (χ1) is 9.19. The average Bonchev–Trinajstić information content (AvgIpc) is 2.46. The monoisotopic (exact) mass is 262 g/mol. The molecule has 104 valence electrons. The highest BCUT2D eigenvalue weighted by atomic mass is 16.5. The second-order valence-corrected chi connectivity index (χ2v) is 4.80. The number of benzene rings is 1. The number of hydrogen-bond donors (Lipinski definition) is 2. The first-order valence-corrected chi connectivity index (χ1v) is 6.63. The first-order valence-electron chi connectivity index (χ1n) is 6.63. The Morgan fingerprint density at radius 3 is 2.37 bits per heavy atom. The van der Waals surface area contributed by atoms with Crippen molar-refractivity contribution in [1.82, 2.24) is 4.90 Å². The van der Waals surface area contributed by atoms with E-state index in [1.165, 1.54) is 5.69 Å². The van der Waals surface area contributed by atoms with Gasteiger partial charge in [-0.15, -0.1) is 0 Å². The summed E-state index contributed by atoms with van der Waals surface area (Å²) in [5.41, 5.74) is 6.63. The van der Waals surface area contributed by atoms with Gasteiger partial charge in [-0.2, -0.15) is 0 Å². The lowest BCUT2D eigenvalue weighted by Gasteiger charge is -2.36. The maximum absolute atomic E-state index is 7.25. The van der Waals surface area contributed by atoms with E-state index < -0.39 is 0 Å². The van der Waals surface area contributed by atoms with E-state index in [1.807, 2.05) is 12.1 Å². The second kappa shape index (κ2) is 6.43. The third kappa shape index (κ3) is 3.86. The summed E-state index contributed by atoms with van der Waals surface area (Å²) in [4.78, 5) is 4.74. The van der Waals surface area contributed by atoms with Gasteiger partial charge in [-0.05, 0) is 24.3 Å². The summed E-state index contributed by atoms with van der Waals surface area (Å²) < 4.78 is 5.17. The van der Waals surface area contributed by atoms with E-state index in [-0.39, 0.29) is 5.84 Å². The van der Waals surface area contributed by atoms with Crippen molar-refractivity contribution in [2.75, 3.05) is 44.7 Å². The van der Waals surface area contributed by atoms with Crippen LogP contribution in [0.5, 0.6) is 5.75 Å². The Morgan fingerprint density at radius 1 is 1.21 bits per heavy atom. The topological polar surface area (TPSA) is 65.6 Å². The normalized spacial score (nSPS) is 16.4. The molecule has 0 amide bonds. The molecular weight excluding hydrogens is 240 g/mol. The number of hydrogen-bond acceptors (Lipinski definition) is 4. The molecule has 0 aliphatic carbocycles. The molecule has 19 heavy (non-hydrogen) atoms. The minimum absolute atomic E-state index is 0.276.